The number of benzene rings is 1. The van der Waals surface area contributed by atoms with E-state index in [0.29, 0.717) is 16.7 Å². The van der Waals surface area contributed by atoms with Gasteiger partial charge in [-0.15, -0.1) is 0 Å². The molecule has 3 aromatic rings. The molecule has 3 N–H and O–H groups in total. The van der Waals surface area contributed by atoms with E-state index in [1.807, 2.05) is 6.07 Å². The SMILES string of the molecule is N#Cc1c(-c2cncc(-c3cccc(C(=O)O)c3)c2)[nH]c(=S)[nH]c1=O. The van der Waals surface area contributed by atoms with Gasteiger partial charge in [-0.25, -0.2) is 4.79 Å². The van der Waals surface area contributed by atoms with Crippen LogP contribution in [0.15, 0.2) is 47.5 Å². The summed E-state index contributed by atoms with van der Waals surface area (Å²) in [4.78, 5) is 32.3. The number of carbonyl (C=O) groups is 1. The Morgan fingerprint density at radius 2 is 1.92 bits per heavy atom. The maximum Gasteiger partial charge on any atom is 0.335 e. The highest BCUT2D eigenvalue weighted by atomic mass is 32.1. The molecular weight excluding hydrogens is 340 g/mol. The number of nitriles is 1. The first kappa shape index (κ1) is 16.3. The summed E-state index contributed by atoms with van der Waals surface area (Å²) in [6.45, 7) is 0. The van der Waals surface area contributed by atoms with Gasteiger partial charge in [-0.1, -0.05) is 12.1 Å². The molecule has 7 nitrogen and oxygen atoms in total. The molecule has 0 fully saturated rings. The number of carboxylic acid groups (broad SMARTS) is 1. The molecule has 0 aliphatic carbocycles. The average molecular weight is 350 g/mol. The molecule has 0 saturated carbocycles. The van der Waals surface area contributed by atoms with Crippen LogP contribution in [0, 0.1) is 16.1 Å². The minimum Gasteiger partial charge on any atom is -0.478 e. The Hall–Kier alpha value is -3.57. The molecule has 0 aliphatic rings. The van der Waals surface area contributed by atoms with Crippen molar-refractivity contribution in [3.8, 4) is 28.5 Å². The molecule has 1 aromatic carbocycles. The highest BCUT2D eigenvalue weighted by molar-refractivity contribution is 7.71. The van der Waals surface area contributed by atoms with Gasteiger partial charge in [-0.05, 0) is 36.0 Å². The second-order valence-corrected chi connectivity index (χ2v) is 5.53. The Bertz CT molecular complexity index is 1140. The number of H-pyrrole nitrogens is 2. The number of pyridine rings is 1. The summed E-state index contributed by atoms with van der Waals surface area (Å²) < 4.78 is 0.0947. The van der Waals surface area contributed by atoms with Crippen LogP contribution in [-0.2, 0) is 0 Å². The van der Waals surface area contributed by atoms with Gasteiger partial charge < -0.3 is 10.1 Å². The molecule has 8 heteroatoms. The maximum atomic E-state index is 11.9. The zero-order valence-electron chi connectivity index (χ0n) is 12.6. The van der Waals surface area contributed by atoms with Crippen LogP contribution in [0.2, 0.25) is 0 Å². The fraction of sp³-hybridized carbons (Fsp3) is 0. The van der Waals surface area contributed by atoms with Crippen molar-refractivity contribution >= 4 is 18.2 Å². The Labute approximate surface area is 146 Å². The van der Waals surface area contributed by atoms with E-state index in [-0.39, 0.29) is 21.6 Å². The molecule has 0 radical (unpaired) electrons. The summed E-state index contributed by atoms with van der Waals surface area (Å²) in [5.41, 5.74) is 1.51. The van der Waals surface area contributed by atoms with Crippen molar-refractivity contribution in [2.24, 2.45) is 0 Å². The lowest BCUT2D eigenvalue weighted by atomic mass is 10.0. The predicted octanol–water partition coefficient (Wildman–Crippen LogP) is 2.73. The number of aromatic carboxylic acids is 1. The third-order valence-electron chi connectivity index (χ3n) is 3.52. The summed E-state index contributed by atoms with van der Waals surface area (Å²) in [5, 5.41) is 18.3. The van der Waals surface area contributed by atoms with Crippen LogP contribution in [0.5, 0.6) is 0 Å². The number of hydrogen-bond donors (Lipinski definition) is 3. The second kappa shape index (κ2) is 6.51. The van der Waals surface area contributed by atoms with Gasteiger partial charge in [0.1, 0.15) is 11.6 Å². The quantitative estimate of drug-likeness (QED) is 0.624. The molecule has 0 aliphatic heterocycles. The Morgan fingerprint density at radius 3 is 2.64 bits per heavy atom. The minimum absolute atomic E-state index is 0.0947. The van der Waals surface area contributed by atoms with E-state index in [1.165, 1.54) is 18.3 Å². The first-order valence-corrected chi connectivity index (χ1v) is 7.46. The van der Waals surface area contributed by atoms with Crippen LogP contribution in [0.25, 0.3) is 22.4 Å². The van der Waals surface area contributed by atoms with Gasteiger partial charge in [0.25, 0.3) is 5.56 Å². The Morgan fingerprint density at radius 1 is 1.16 bits per heavy atom. The maximum absolute atomic E-state index is 11.9. The Kier molecular flexibility index (Phi) is 4.24. The molecule has 122 valence electrons. The van der Waals surface area contributed by atoms with Crippen LogP contribution >= 0.6 is 12.2 Å². The lowest BCUT2D eigenvalue weighted by Crippen LogP contribution is -2.13. The summed E-state index contributed by atoms with van der Waals surface area (Å²) in [6, 6.07) is 9.94. The van der Waals surface area contributed by atoms with Gasteiger partial charge in [-0.3, -0.25) is 14.8 Å². The van der Waals surface area contributed by atoms with Crippen LogP contribution in [0.1, 0.15) is 15.9 Å². The number of hydrogen-bond acceptors (Lipinski definition) is 5. The molecule has 2 heterocycles. The molecule has 3 rings (SSSR count). The van der Waals surface area contributed by atoms with E-state index >= 15 is 0 Å². The van der Waals surface area contributed by atoms with E-state index in [4.69, 9.17) is 17.3 Å². The first-order valence-electron chi connectivity index (χ1n) is 7.05. The van der Waals surface area contributed by atoms with Crippen molar-refractivity contribution < 1.29 is 9.90 Å². The lowest BCUT2D eigenvalue weighted by molar-refractivity contribution is 0.0697. The summed E-state index contributed by atoms with van der Waals surface area (Å²) >= 11 is 4.96. The third kappa shape index (κ3) is 3.22. The molecular formula is C17H10N4O3S. The van der Waals surface area contributed by atoms with Gasteiger partial charge in [0.05, 0.1) is 11.3 Å². The van der Waals surface area contributed by atoms with Gasteiger partial charge in [-0.2, -0.15) is 5.26 Å². The molecule has 2 aromatic heterocycles. The molecule has 0 unspecified atom stereocenters. The zero-order chi connectivity index (χ0) is 18.0. The average Bonchev–Trinajstić information content (AvgIpc) is 2.61. The normalized spacial score (nSPS) is 10.2. The van der Waals surface area contributed by atoms with Crippen LogP contribution < -0.4 is 5.56 Å². The van der Waals surface area contributed by atoms with Crippen molar-refractivity contribution in [3.63, 3.8) is 0 Å². The number of nitrogens with one attached hydrogen (secondary N) is 2. The largest absolute Gasteiger partial charge is 0.478 e. The van der Waals surface area contributed by atoms with Crippen molar-refractivity contribution in [1.82, 2.24) is 15.0 Å². The standard InChI is InChI=1S/C17H10N4O3S/c18-6-13-14(20-17(25)21-15(13)22)12-5-11(7-19-8-12)9-2-1-3-10(4-9)16(23)24/h1-5,7-8H,(H,23,24)(H2,20,21,22,25). The van der Waals surface area contributed by atoms with Crippen LogP contribution in [-0.4, -0.2) is 26.0 Å². The van der Waals surface area contributed by atoms with E-state index in [1.54, 1.807) is 24.4 Å². The molecule has 0 atom stereocenters. The molecule has 0 saturated heterocycles. The number of aromatic nitrogens is 3. The summed E-state index contributed by atoms with van der Waals surface area (Å²) in [6.07, 6.45) is 3.06. The topological polar surface area (TPSA) is 123 Å². The molecule has 0 amide bonds. The van der Waals surface area contributed by atoms with E-state index in [2.05, 4.69) is 15.0 Å². The highest BCUT2D eigenvalue weighted by Crippen LogP contribution is 2.25. The highest BCUT2D eigenvalue weighted by Gasteiger charge is 2.12. The van der Waals surface area contributed by atoms with Crippen LogP contribution in [0.4, 0.5) is 0 Å². The minimum atomic E-state index is -1.03. The number of carboxylic acids is 1. The van der Waals surface area contributed by atoms with Gasteiger partial charge in [0, 0.05) is 23.5 Å². The summed E-state index contributed by atoms with van der Waals surface area (Å²) in [5.74, 6) is -1.03. The predicted molar refractivity (Wildman–Crippen MR) is 92.6 cm³/mol. The Balaban J connectivity index is 2.18. The van der Waals surface area contributed by atoms with Crippen molar-refractivity contribution in [2.45, 2.75) is 0 Å². The fourth-order valence-electron chi connectivity index (χ4n) is 2.38. The molecule has 0 bridgehead atoms. The number of aromatic amines is 2. The lowest BCUT2D eigenvalue weighted by Gasteiger charge is -2.07. The third-order valence-corrected chi connectivity index (χ3v) is 3.73. The number of nitrogens with zero attached hydrogens (tertiary/aromatic N) is 2. The van der Waals surface area contributed by atoms with Crippen LogP contribution in [0.3, 0.4) is 0 Å². The van der Waals surface area contributed by atoms with Gasteiger partial charge in [0.15, 0.2) is 4.77 Å². The van der Waals surface area contributed by atoms with Gasteiger partial charge in [0.2, 0.25) is 0 Å². The second-order valence-electron chi connectivity index (χ2n) is 5.12. The van der Waals surface area contributed by atoms with Crippen molar-refractivity contribution in [3.05, 3.63) is 69.0 Å². The van der Waals surface area contributed by atoms with Crippen molar-refractivity contribution in [2.75, 3.05) is 0 Å². The smallest absolute Gasteiger partial charge is 0.335 e. The van der Waals surface area contributed by atoms with Gasteiger partial charge >= 0.3 is 5.97 Å². The monoisotopic (exact) mass is 350 g/mol. The van der Waals surface area contributed by atoms with E-state index in [0.717, 1.165) is 0 Å². The summed E-state index contributed by atoms with van der Waals surface area (Å²) in [7, 11) is 0. The zero-order valence-corrected chi connectivity index (χ0v) is 13.4. The van der Waals surface area contributed by atoms with E-state index < -0.39 is 11.5 Å². The fourth-order valence-corrected chi connectivity index (χ4v) is 2.57. The van der Waals surface area contributed by atoms with E-state index in [9.17, 15) is 14.9 Å². The molecule has 0 spiro atoms. The molecule has 25 heavy (non-hydrogen) atoms. The first-order chi connectivity index (χ1) is 12.0. The van der Waals surface area contributed by atoms with Crippen molar-refractivity contribution in [1.29, 1.82) is 5.26 Å². The number of rotatable bonds is 3.